The van der Waals surface area contributed by atoms with E-state index in [4.69, 9.17) is 0 Å². The van der Waals surface area contributed by atoms with Gasteiger partial charge in [0.05, 0.1) is 18.3 Å². The molecule has 1 atom stereocenters. The van der Waals surface area contributed by atoms with Gasteiger partial charge < -0.3 is 4.90 Å². The van der Waals surface area contributed by atoms with E-state index in [1.165, 1.54) is 11.3 Å². The number of carbonyl (C=O) groups excluding carboxylic acids is 1. The average Bonchev–Trinajstić information content (AvgIpc) is 3.30. The minimum Gasteiger partial charge on any atom is -0.342 e. The monoisotopic (exact) mass is 343 g/mol. The lowest BCUT2D eigenvalue weighted by molar-refractivity contribution is -0.131. The molecule has 126 valence electrons. The predicted molar refractivity (Wildman–Crippen MR) is 93.3 cm³/mol. The van der Waals surface area contributed by atoms with Gasteiger partial charge in [-0.2, -0.15) is 5.10 Å². The zero-order valence-electron chi connectivity index (χ0n) is 13.7. The summed E-state index contributed by atoms with van der Waals surface area (Å²) in [6.07, 6.45) is 9.34. The molecule has 1 N–H and O–H groups in total. The number of amides is 1. The number of aromatic nitrogens is 4. The molecule has 1 aliphatic heterocycles. The summed E-state index contributed by atoms with van der Waals surface area (Å²) >= 11 is 1.59. The van der Waals surface area contributed by atoms with Crippen molar-refractivity contribution in [3.63, 3.8) is 0 Å². The van der Waals surface area contributed by atoms with Gasteiger partial charge in [-0.05, 0) is 24.8 Å². The minimum absolute atomic E-state index is 0.169. The van der Waals surface area contributed by atoms with Crippen LogP contribution in [0.15, 0.2) is 24.0 Å². The lowest BCUT2D eigenvalue weighted by atomic mass is 9.92. The van der Waals surface area contributed by atoms with E-state index in [2.05, 4.69) is 22.1 Å². The van der Waals surface area contributed by atoms with Crippen LogP contribution in [0.25, 0.3) is 4.96 Å². The summed E-state index contributed by atoms with van der Waals surface area (Å²) in [6.45, 7) is 3.76. The number of thiazole rings is 1. The maximum Gasteiger partial charge on any atom is 0.228 e. The largest absolute Gasteiger partial charge is 0.342 e. The van der Waals surface area contributed by atoms with E-state index in [1.54, 1.807) is 11.3 Å². The summed E-state index contributed by atoms with van der Waals surface area (Å²) in [6, 6.07) is 0. The van der Waals surface area contributed by atoms with Gasteiger partial charge in [-0.15, -0.1) is 11.3 Å². The zero-order chi connectivity index (χ0) is 16.5. The molecule has 3 aromatic rings. The molecule has 4 rings (SSSR count). The van der Waals surface area contributed by atoms with Gasteiger partial charge in [-0.25, -0.2) is 4.98 Å². The number of likely N-dealkylation sites (tertiary alicyclic amines) is 1. The van der Waals surface area contributed by atoms with Crippen molar-refractivity contribution in [1.29, 1.82) is 0 Å². The Labute approximate surface area is 144 Å². The molecule has 1 saturated heterocycles. The Balaban J connectivity index is 1.45. The van der Waals surface area contributed by atoms with Crippen molar-refractivity contribution in [1.82, 2.24) is 24.5 Å². The van der Waals surface area contributed by atoms with Crippen LogP contribution in [-0.2, 0) is 17.6 Å². The number of hydrogen-bond acceptors (Lipinski definition) is 4. The van der Waals surface area contributed by atoms with Crippen molar-refractivity contribution >= 4 is 22.2 Å². The number of nitrogens with one attached hydrogen (secondary N) is 1. The summed E-state index contributed by atoms with van der Waals surface area (Å²) in [7, 11) is 0. The second kappa shape index (κ2) is 6.39. The maximum absolute atomic E-state index is 12.7. The number of aryl methyl sites for hydroxylation is 1. The fourth-order valence-electron chi connectivity index (χ4n) is 3.52. The first kappa shape index (κ1) is 15.4. The number of imidazole rings is 1. The molecular weight excluding hydrogens is 322 g/mol. The third-order valence-electron chi connectivity index (χ3n) is 4.79. The molecule has 7 heteroatoms. The molecule has 0 aliphatic carbocycles. The molecular formula is C17H21N5OS. The van der Waals surface area contributed by atoms with Crippen molar-refractivity contribution in [3.05, 3.63) is 40.9 Å². The Hall–Kier alpha value is -2.15. The molecule has 3 aromatic heterocycles. The predicted octanol–water partition coefficient (Wildman–Crippen LogP) is 2.63. The molecule has 0 radical (unpaired) electrons. The van der Waals surface area contributed by atoms with Gasteiger partial charge in [0.15, 0.2) is 4.96 Å². The topological polar surface area (TPSA) is 66.3 Å². The van der Waals surface area contributed by atoms with Crippen molar-refractivity contribution < 1.29 is 4.79 Å². The van der Waals surface area contributed by atoms with E-state index < -0.39 is 0 Å². The average molecular weight is 343 g/mol. The summed E-state index contributed by atoms with van der Waals surface area (Å²) in [5.41, 5.74) is 3.32. The highest BCUT2D eigenvalue weighted by Crippen LogP contribution is 2.28. The normalized spacial score (nSPS) is 18.4. The number of aromatic amines is 1. The van der Waals surface area contributed by atoms with Crippen LogP contribution in [0.2, 0.25) is 0 Å². The molecule has 1 fully saturated rings. The lowest BCUT2D eigenvalue weighted by Gasteiger charge is -2.32. The number of hydrogen-bond donors (Lipinski definition) is 1. The second-order valence-corrected chi connectivity index (χ2v) is 7.22. The summed E-state index contributed by atoms with van der Waals surface area (Å²) < 4.78 is 1.98. The molecule has 4 heterocycles. The van der Waals surface area contributed by atoms with Crippen LogP contribution in [0.5, 0.6) is 0 Å². The van der Waals surface area contributed by atoms with Crippen molar-refractivity contribution in [2.75, 3.05) is 13.1 Å². The Morgan fingerprint density at radius 2 is 2.42 bits per heavy atom. The highest BCUT2D eigenvalue weighted by atomic mass is 32.1. The Kier molecular flexibility index (Phi) is 4.10. The molecule has 0 spiro atoms. The van der Waals surface area contributed by atoms with Crippen molar-refractivity contribution in [2.24, 2.45) is 0 Å². The maximum atomic E-state index is 12.7. The van der Waals surface area contributed by atoms with Crippen LogP contribution in [0, 0.1) is 0 Å². The van der Waals surface area contributed by atoms with Crippen LogP contribution in [0.3, 0.4) is 0 Å². The van der Waals surface area contributed by atoms with E-state index in [1.807, 2.05) is 33.3 Å². The summed E-state index contributed by atoms with van der Waals surface area (Å²) in [4.78, 5) is 20.1. The standard InChI is InChI=1S/C17H21N5OS/c1-2-12-9-18-20-16(12)13-4-3-5-21(10-13)15(23)8-14-11-22-6-7-24-17(22)19-14/h6-7,9,11,13H,2-5,8,10H2,1H3,(H,18,20). The number of carbonyl (C=O) groups is 1. The van der Waals surface area contributed by atoms with Gasteiger partial charge in [0.1, 0.15) is 0 Å². The van der Waals surface area contributed by atoms with Crippen LogP contribution >= 0.6 is 11.3 Å². The minimum atomic E-state index is 0.169. The number of rotatable bonds is 4. The Morgan fingerprint density at radius 3 is 3.25 bits per heavy atom. The van der Waals surface area contributed by atoms with E-state index in [9.17, 15) is 4.79 Å². The third-order valence-corrected chi connectivity index (χ3v) is 5.56. The fourth-order valence-corrected chi connectivity index (χ4v) is 4.24. The zero-order valence-corrected chi connectivity index (χ0v) is 14.6. The molecule has 0 bridgehead atoms. The molecule has 24 heavy (non-hydrogen) atoms. The highest BCUT2D eigenvalue weighted by Gasteiger charge is 2.27. The van der Waals surface area contributed by atoms with Crippen molar-refractivity contribution in [3.8, 4) is 0 Å². The molecule has 0 aromatic carbocycles. The number of fused-ring (bicyclic) bond motifs is 1. The summed E-state index contributed by atoms with van der Waals surface area (Å²) in [5, 5.41) is 9.33. The number of H-pyrrole nitrogens is 1. The number of nitrogens with zero attached hydrogens (tertiary/aromatic N) is 4. The van der Waals surface area contributed by atoms with E-state index in [0.29, 0.717) is 12.3 Å². The van der Waals surface area contributed by atoms with Gasteiger partial charge in [-0.3, -0.25) is 14.3 Å². The van der Waals surface area contributed by atoms with E-state index in [-0.39, 0.29) is 5.91 Å². The van der Waals surface area contributed by atoms with Gasteiger partial charge in [0.25, 0.3) is 0 Å². The van der Waals surface area contributed by atoms with E-state index >= 15 is 0 Å². The molecule has 1 amide bonds. The third kappa shape index (κ3) is 2.84. The first-order valence-corrected chi connectivity index (χ1v) is 9.33. The van der Waals surface area contributed by atoms with Crippen LogP contribution in [0.4, 0.5) is 0 Å². The van der Waals surface area contributed by atoms with Gasteiger partial charge in [-0.1, -0.05) is 6.92 Å². The lowest BCUT2D eigenvalue weighted by Crippen LogP contribution is -2.40. The Bertz CT molecular complexity index is 820. The highest BCUT2D eigenvalue weighted by molar-refractivity contribution is 7.15. The van der Waals surface area contributed by atoms with Crippen molar-refractivity contribution in [2.45, 2.75) is 38.5 Å². The first-order valence-electron chi connectivity index (χ1n) is 8.45. The molecule has 1 aliphatic rings. The van der Waals surface area contributed by atoms with Crippen LogP contribution in [0.1, 0.15) is 42.6 Å². The van der Waals surface area contributed by atoms with Gasteiger partial charge in [0, 0.05) is 42.5 Å². The smallest absolute Gasteiger partial charge is 0.228 e. The van der Waals surface area contributed by atoms with Crippen LogP contribution < -0.4 is 0 Å². The molecule has 0 saturated carbocycles. The van der Waals surface area contributed by atoms with Gasteiger partial charge in [0.2, 0.25) is 5.91 Å². The Morgan fingerprint density at radius 1 is 1.50 bits per heavy atom. The SMILES string of the molecule is CCc1cn[nH]c1C1CCCN(C(=O)Cc2cn3ccsc3n2)C1. The number of piperidine rings is 1. The van der Waals surface area contributed by atoms with Crippen LogP contribution in [-0.4, -0.2) is 43.5 Å². The molecule has 6 nitrogen and oxygen atoms in total. The molecule has 1 unspecified atom stereocenters. The fraction of sp³-hybridized carbons (Fsp3) is 0.471. The quantitative estimate of drug-likeness (QED) is 0.792. The first-order chi connectivity index (χ1) is 11.7. The summed E-state index contributed by atoms with van der Waals surface area (Å²) in [5.74, 6) is 0.536. The second-order valence-electron chi connectivity index (χ2n) is 6.34. The van der Waals surface area contributed by atoms with Gasteiger partial charge >= 0.3 is 0 Å². The van der Waals surface area contributed by atoms with E-state index in [0.717, 1.165) is 43.0 Å².